The maximum atomic E-state index is 4.75. The number of benzene rings is 2. The van der Waals surface area contributed by atoms with E-state index in [1.165, 1.54) is 11.1 Å². The van der Waals surface area contributed by atoms with Crippen LogP contribution in [0.25, 0.3) is 0 Å². The Hall–Kier alpha value is -1.41. The summed E-state index contributed by atoms with van der Waals surface area (Å²) in [6.07, 6.45) is 0. The van der Waals surface area contributed by atoms with Crippen molar-refractivity contribution in [1.82, 2.24) is 0 Å². The van der Waals surface area contributed by atoms with Crippen LogP contribution in [-0.2, 0) is 0 Å². The molecule has 0 N–H and O–H groups in total. The van der Waals surface area contributed by atoms with Crippen LogP contribution in [0.4, 0.5) is 0 Å². The molecule has 1 nitrogen and oxygen atoms in total. The molecular formula is C16H16BrN. The average Bonchev–Trinajstić information content (AvgIpc) is 2.40. The summed E-state index contributed by atoms with van der Waals surface area (Å²) in [5.74, 6) is 0. The molecule has 0 unspecified atom stereocenters. The van der Waals surface area contributed by atoms with E-state index in [1.807, 2.05) is 18.2 Å². The summed E-state index contributed by atoms with van der Waals surface area (Å²) < 4.78 is 1.09. The van der Waals surface area contributed by atoms with Crippen LogP contribution in [0.2, 0.25) is 0 Å². The lowest BCUT2D eigenvalue weighted by Gasteiger charge is -2.09. The lowest BCUT2D eigenvalue weighted by molar-refractivity contribution is 0.819. The third-order valence-corrected chi connectivity index (χ3v) is 3.46. The maximum absolute atomic E-state index is 4.75. The Morgan fingerprint density at radius 3 is 2.22 bits per heavy atom. The van der Waals surface area contributed by atoms with Gasteiger partial charge in [0.05, 0.1) is 6.04 Å². The van der Waals surface area contributed by atoms with E-state index in [-0.39, 0.29) is 6.04 Å². The molecule has 2 rings (SSSR count). The van der Waals surface area contributed by atoms with Crippen molar-refractivity contribution in [1.29, 1.82) is 0 Å². The lowest BCUT2D eigenvalue weighted by atomic mass is 10.1. The van der Waals surface area contributed by atoms with Gasteiger partial charge >= 0.3 is 0 Å². The molecule has 0 spiro atoms. The van der Waals surface area contributed by atoms with Crippen molar-refractivity contribution in [2.75, 3.05) is 0 Å². The van der Waals surface area contributed by atoms with Gasteiger partial charge in [-0.15, -0.1) is 0 Å². The highest BCUT2D eigenvalue weighted by Gasteiger charge is 2.04. The molecular weight excluding hydrogens is 286 g/mol. The minimum absolute atomic E-state index is 0.190. The van der Waals surface area contributed by atoms with Crippen molar-refractivity contribution < 1.29 is 0 Å². The van der Waals surface area contributed by atoms with Crippen LogP contribution >= 0.6 is 15.9 Å². The molecule has 2 aromatic rings. The maximum Gasteiger partial charge on any atom is 0.0724 e. The van der Waals surface area contributed by atoms with Crippen LogP contribution in [0.3, 0.4) is 0 Å². The molecule has 0 aliphatic rings. The zero-order chi connectivity index (χ0) is 13.0. The summed E-state index contributed by atoms with van der Waals surface area (Å²) in [5.41, 5.74) is 3.48. The van der Waals surface area contributed by atoms with Crippen LogP contribution < -0.4 is 0 Å². The van der Waals surface area contributed by atoms with E-state index in [9.17, 15) is 0 Å². The van der Waals surface area contributed by atoms with Crippen LogP contribution in [0.1, 0.15) is 31.0 Å². The molecule has 0 aliphatic heterocycles. The highest BCUT2D eigenvalue weighted by molar-refractivity contribution is 9.10. The smallest absolute Gasteiger partial charge is 0.0724 e. The molecule has 2 heteroatoms. The summed E-state index contributed by atoms with van der Waals surface area (Å²) in [7, 11) is 0. The lowest BCUT2D eigenvalue weighted by Crippen LogP contribution is -1.98. The number of halogens is 1. The Morgan fingerprint density at radius 1 is 1.00 bits per heavy atom. The van der Waals surface area contributed by atoms with Gasteiger partial charge in [-0.2, -0.15) is 0 Å². The molecule has 0 heterocycles. The van der Waals surface area contributed by atoms with Gasteiger partial charge in [-0.05, 0) is 37.1 Å². The molecule has 0 saturated carbocycles. The van der Waals surface area contributed by atoms with E-state index >= 15 is 0 Å². The number of rotatable bonds is 3. The standard InChI is InChI=1S/C16H16BrN/c1-12(14-6-4-3-5-7-14)18-13(2)15-8-10-16(17)11-9-15/h3-12H,1-2H3/t12-/m1/s1. The zero-order valence-corrected chi connectivity index (χ0v) is 12.2. The molecule has 0 radical (unpaired) electrons. The fourth-order valence-corrected chi connectivity index (χ4v) is 2.13. The number of hydrogen-bond acceptors (Lipinski definition) is 1. The van der Waals surface area contributed by atoms with E-state index < -0.39 is 0 Å². The van der Waals surface area contributed by atoms with Gasteiger partial charge < -0.3 is 0 Å². The Kier molecular flexibility index (Phi) is 4.32. The number of hydrogen-bond donors (Lipinski definition) is 0. The first kappa shape index (κ1) is 13.0. The van der Waals surface area contributed by atoms with Crippen LogP contribution in [-0.4, -0.2) is 5.71 Å². The Bertz CT molecular complexity index is 529. The van der Waals surface area contributed by atoms with E-state index in [1.54, 1.807) is 0 Å². The Labute approximate surface area is 117 Å². The second kappa shape index (κ2) is 5.96. The first-order chi connectivity index (χ1) is 8.66. The third-order valence-electron chi connectivity index (χ3n) is 2.93. The van der Waals surface area contributed by atoms with Gasteiger partial charge in [0, 0.05) is 10.2 Å². The summed E-state index contributed by atoms with van der Waals surface area (Å²) in [4.78, 5) is 4.75. The molecule has 0 fully saturated rings. The molecule has 2 aromatic carbocycles. The minimum Gasteiger partial charge on any atom is -0.282 e. The molecule has 0 aromatic heterocycles. The van der Waals surface area contributed by atoms with Crippen molar-refractivity contribution in [2.45, 2.75) is 19.9 Å². The largest absolute Gasteiger partial charge is 0.282 e. The first-order valence-corrected chi connectivity index (χ1v) is 6.81. The third kappa shape index (κ3) is 3.30. The van der Waals surface area contributed by atoms with Crippen LogP contribution in [0.5, 0.6) is 0 Å². The van der Waals surface area contributed by atoms with Crippen molar-refractivity contribution in [3.63, 3.8) is 0 Å². The highest BCUT2D eigenvalue weighted by Crippen LogP contribution is 2.18. The molecule has 92 valence electrons. The SMILES string of the molecule is CC(=N[C@H](C)c1ccccc1)c1ccc(Br)cc1. The summed E-state index contributed by atoms with van der Waals surface area (Å²) in [5, 5.41) is 0. The van der Waals surface area contributed by atoms with Crippen LogP contribution in [0.15, 0.2) is 64.1 Å². The van der Waals surface area contributed by atoms with Crippen molar-refractivity contribution in [3.05, 3.63) is 70.2 Å². The number of aliphatic imine (C=N–C) groups is 1. The van der Waals surface area contributed by atoms with Gasteiger partial charge in [0.25, 0.3) is 0 Å². The van der Waals surface area contributed by atoms with Gasteiger partial charge in [0.15, 0.2) is 0 Å². The second-order valence-electron chi connectivity index (χ2n) is 4.31. The monoisotopic (exact) mass is 301 g/mol. The quantitative estimate of drug-likeness (QED) is 0.706. The molecule has 0 aliphatic carbocycles. The zero-order valence-electron chi connectivity index (χ0n) is 10.6. The Balaban J connectivity index is 2.20. The Morgan fingerprint density at radius 2 is 1.61 bits per heavy atom. The van der Waals surface area contributed by atoms with Crippen molar-refractivity contribution in [3.8, 4) is 0 Å². The van der Waals surface area contributed by atoms with E-state index in [0.717, 1.165) is 10.2 Å². The second-order valence-corrected chi connectivity index (χ2v) is 5.22. The molecule has 0 saturated heterocycles. The predicted octanol–water partition coefficient (Wildman–Crippen LogP) is 5.02. The van der Waals surface area contributed by atoms with Crippen LogP contribution in [0, 0.1) is 0 Å². The summed E-state index contributed by atoms with van der Waals surface area (Å²) in [6.45, 7) is 4.18. The first-order valence-electron chi connectivity index (χ1n) is 6.02. The van der Waals surface area contributed by atoms with Gasteiger partial charge in [0.2, 0.25) is 0 Å². The summed E-state index contributed by atoms with van der Waals surface area (Å²) in [6, 6.07) is 18.8. The van der Waals surface area contributed by atoms with E-state index in [4.69, 9.17) is 4.99 Å². The van der Waals surface area contributed by atoms with Gasteiger partial charge in [-0.3, -0.25) is 4.99 Å². The summed E-state index contributed by atoms with van der Waals surface area (Å²) >= 11 is 3.44. The van der Waals surface area contributed by atoms with Crippen molar-refractivity contribution >= 4 is 21.6 Å². The molecule has 1 atom stereocenters. The fraction of sp³-hybridized carbons (Fsp3) is 0.188. The molecule has 0 amide bonds. The van der Waals surface area contributed by atoms with Gasteiger partial charge in [-0.1, -0.05) is 58.4 Å². The fourth-order valence-electron chi connectivity index (χ4n) is 1.86. The van der Waals surface area contributed by atoms with Gasteiger partial charge in [0.1, 0.15) is 0 Å². The number of nitrogens with zero attached hydrogens (tertiary/aromatic N) is 1. The molecule has 18 heavy (non-hydrogen) atoms. The topological polar surface area (TPSA) is 12.4 Å². The minimum atomic E-state index is 0.190. The highest BCUT2D eigenvalue weighted by atomic mass is 79.9. The van der Waals surface area contributed by atoms with E-state index in [0.29, 0.717) is 0 Å². The van der Waals surface area contributed by atoms with Gasteiger partial charge in [-0.25, -0.2) is 0 Å². The van der Waals surface area contributed by atoms with E-state index in [2.05, 4.69) is 66.2 Å². The average molecular weight is 302 g/mol. The normalized spacial score (nSPS) is 13.4. The molecule has 0 bridgehead atoms. The van der Waals surface area contributed by atoms with Crippen molar-refractivity contribution in [2.24, 2.45) is 4.99 Å². The predicted molar refractivity (Wildman–Crippen MR) is 81.2 cm³/mol.